The van der Waals surface area contributed by atoms with Crippen LogP contribution < -0.4 is 5.73 Å². The van der Waals surface area contributed by atoms with E-state index in [4.69, 9.17) is 5.73 Å². The molecular weight excluding hydrogens is 260 g/mol. The summed E-state index contributed by atoms with van der Waals surface area (Å²) in [6, 6.07) is 10.5. The van der Waals surface area contributed by atoms with Crippen molar-refractivity contribution in [2.75, 3.05) is 13.1 Å². The molecule has 3 unspecified atom stereocenters. The van der Waals surface area contributed by atoms with Gasteiger partial charge in [-0.2, -0.15) is 0 Å². The molecular formula is C18H26N2O. The monoisotopic (exact) mass is 286 g/mol. The number of hydrogen-bond donors (Lipinski definition) is 1. The summed E-state index contributed by atoms with van der Waals surface area (Å²) in [5.41, 5.74) is 6.99. The zero-order valence-electron chi connectivity index (χ0n) is 12.7. The summed E-state index contributed by atoms with van der Waals surface area (Å²) >= 11 is 0. The van der Waals surface area contributed by atoms with Crippen molar-refractivity contribution in [3.8, 4) is 0 Å². The van der Waals surface area contributed by atoms with Crippen LogP contribution in [0.2, 0.25) is 0 Å². The fourth-order valence-corrected chi connectivity index (χ4v) is 4.16. The number of likely N-dealkylation sites (tertiary alicyclic amines) is 1. The van der Waals surface area contributed by atoms with E-state index in [0.717, 1.165) is 24.4 Å². The van der Waals surface area contributed by atoms with E-state index in [-0.39, 0.29) is 11.8 Å². The number of benzene rings is 1. The Morgan fingerprint density at radius 2 is 1.86 bits per heavy atom. The van der Waals surface area contributed by atoms with Crippen LogP contribution in [0.3, 0.4) is 0 Å². The van der Waals surface area contributed by atoms with Crippen LogP contribution in [0.1, 0.15) is 50.0 Å². The highest BCUT2D eigenvalue weighted by atomic mass is 16.2. The van der Waals surface area contributed by atoms with E-state index < -0.39 is 0 Å². The summed E-state index contributed by atoms with van der Waals surface area (Å²) in [5.74, 6) is 0.804. The van der Waals surface area contributed by atoms with Gasteiger partial charge in [0.05, 0.1) is 5.92 Å². The molecule has 1 heterocycles. The van der Waals surface area contributed by atoms with Crippen molar-refractivity contribution in [2.45, 2.75) is 50.5 Å². The largest absolute Gasteiger partial charge is 0.339 e. The summed E-state index contributed by atoms with van der Waals surface area (Å²) in [5, 5.41) is 0. The molecule has 1 aromatic carbocycles. The molecule has 1 aromatic rings. The van der Waals surface area contributed by atoms with Gasteiger partial charge >= 0.3 is 0 Å². The highest BCUT2D eigenvalue weighted by Crippen LogP contribution is 2.36. The number of carbonyl (C=O) groups excluding carboxylic acids is 1. The Hall–Kier alpha value is -1.35. The van der Waals surface area contributed by atoms with E-state index in [0.29, 0.717) is 12.6 Å². The van der Waals surface area contributed by atoms with Gasteiger partial charge < -0.3 is 10.6 Å². The molecule has 0 aromatic heterocycles. The standard InChI is InChI=1S/C18H26N2O/c19-13-16(14-7-2-1-3-8-14)18(21)20-12-6-10-15-9-4-5-11-17(15)20/h1-3,7-8,15-17H,4-6,9-13,19H2. The second kappa shape index (κ2) is 6.61. The predicted octanol–water partition coefficient (Wildman–Crippen LogP) is 2.91. The first kappa shape index (κ1) is 14.6. The Kier molecular flexibility index (Phi) is 4.59. The molecule has 0 spiro atoms. The molecule has 1 saturated carbocycles. The van der Waals surface area contributed by atoms with Crippen molar-refractivity contribution in [3.63, 3.8) is 0 Å². The van der Waals surface area contributed by atoms with Gasteiger partial charge in [0, 0.05) is 19.1 Å². The van der Waals surface area contributed by atoms with Crippen molar-refractivity contribution in [1.29, 1.82) is 0 Å². The molecule has 1 aliphatic heterocycles. The first-order valence-corrected chi connectivity index (χ1v) is 8.36. The van der Waals surface area contributed by atoms with Crippen LogP contribution in [0, 0.1) is 5.92 Å². The molecule has 3 heteroatoms. The maximum Gasteiger partial charge on any atom is 0.231 e. The van der Waals surface area contributed by atoms with Gasteiger partial charge in [-0.25, -0.2) is 0 Å². The smallest absolute Gasteiger partial charge is 0.231 e. The fourth-order valence-electron chi connectivity index (χ4n) is 4.16. The number of nitrogens with zero attached hydrogens (tertiary/aromatic N) is 1. The molecule has 0 bridgehead atoms. The van der Waals surface area contributed by atoms with E-state index in [1.165, 1.54) is 32.1 Å². The molecule has 1 amide bonds. The molecule has 2 fully saturated rings. The summed E-state index contributed by atoms with van der Waals surface area (Å²) < 4.78 is 0. The highest BCUT2D eigenvalue weighted by molar-refractivity contribution is 5.84. The van der Waals surface area contributed by atoms with Crippen LogP contribution in [0.25, 0.3) is 0 Å². The minimum absolute atomic E-state index is 0.174. The van der Waals surface area contributed by atoms with Crippen molar-refractivity contribution < 1.29 is 4.79 Å². The predicted molar refractivity (Wildman–Crippen MR) is 84.9 cm³/mol. The topological polar surface area (TPSA) is 46.3 Å². The third-order valence-corrected chi connectivity index (χ3v) is 5.26. The average molecular weight is 286 g/mol. The number of amides is 1. The zero-order valence-corrected chi connectivity index (χ0v) is 12.7. The van der Waals surface area contributed by atoms with Gasteiger partial charge in [-0.3, -0.25) is 4.79 Å². The normalized spacial score (nSPS) is 27.0. The number of carbonyl (C=O) groups is 1. The number of nitrogens with two attached hydrogens (primary N) is 1. The van der Waals surface area contributed by atoms with Gasteiger partial charge in [-0.1, -0.05) is 43.2 Å². The Labute approximate surface area is 127 Å². The Morgan fingerprint density at radius 1 is 1.14 bits per heavy atom. The van der Waals surface area contributed by atoms with Crippen LogP contribution in [0.4, 0.5) is 0 Å². The maximum absolute atomic E-state index is 13.0. The molecule has 3 atom stereocenters. The first-order chi connectivity index (χ1) is 10.3. The van der Waals surface area contributed by atoms with Crippen LogP contribution in [-0.4, -0.2) is 29.9 Å². The molecule has 1 aliphatic carbocycles. The molecule has 21 heavy (non-hydrogen) atoms. The van der Waals surface area contributed by atoms with Crippen LogP contribution in [0.5, 0.6) is 0 Å². The lowest BCUT2D eigenvalue weighted by molar-refractivity contribution is -0.139. The lowest BCUT2D eigenvalue weighted by Crippen LogP contribution is -2.51. The van der Waals surface area contributed by atoms with Crippen molar-refractivity contribution in [2.24, 2.45) is 11.7 Å². The van der Waals surface area contributed by atoms with Crippen molar-refractivity contribution in [1.82, 2.24) is 4.90 Å². The number of rotatable bonds is 3. The molecule has 2 N–H and O–H groups in total. The van der Waals surface area contributed by atoms with Crippen LogP contribution in [0.15, 0.2) is 30.3 Å². The number of hydrogen-bond acceptors (Lipinski definition) is 2. The van der Waals surface area contributed by atoms with E-state index >= 15 is 0 Å². The SMILES string of the molecule is NCC(C(=O)N1CCCC2CCCCC21)c1ccccc1. The van der Waals surface area contributed by atoms with Crippen LogP contribution in [-0.2, 0) is 4.79 Å². The first-order valence-electron chi connectivity index (χ1n) is 8.36. The minimum Gasteiger partial charge on any atom is -0.339 e. The highest BCUT2D eigenvalue weighted by Gasteiger charge is 2.37. The Bertz CT molecular complexity index is 471. The van der Waals surface area contributed by atoms with E-state index in [1.54, 1.807) is 0 Å². The number of fused-ring (bicyclic) bond motifs is 1. The van der Waals surface area contributed by atoms with Gasteiger partial charge in [0.1, 0.15) is 0 Å². The fraction of sp³-hybridized carbons (Fsp3) is 0.611. The van der Waals surface area contributed by atoms with E-state index in [9.17, 15) is 4.79 Å². The lowest BCUT2D eigenvalue weighted by atomic mass is 9.77. The van der Waals surface area contributed by atoms with E-state index in [2.05, 4.69) is 4.90 Å². The summed E-state index contributed by atoms with van der Waals surface area (Å²) in [7, 11) is 0. The van der Waals surface area contributed by atoms with Crippen LogP contribution >= 0.6 is 0 Å². The maximum atomic E-state index is 13.0. The van der Waals surface area contributed by atoms with Gasteiger partial charge in [0.25, 0.3) is 0 Å². The molecule has 3 nitrogen and oxygen atoms in total. The molecule has 1 saturated heterocycles. The molecule has 114 valence electrons. The third kappa shape index (κ3) is 2.98. The second-order valence-electron chi connectivity index (χ2n) is 6.48. The molecule has 0 radical (unpaired) electrons. The van der Waals surface area contributed by atoms with Gasteiger partial charge in [-0.05, 0) is 37.2 Å². The van der Waals surface area contributed by atoms with Crippen molar-refractivity contribution >= 4 is 5.91 Å². The quantitative estimate of drug-likeness (QED) is 0.928. The average Bonchev–Trinajstić information content (AvgIpc) is 2.56. The summed E-state index contributed by atoms with van der Waals surface area (Å²) in [4.78, 5) is 15.2. The third-order valence-electron chi connectivity index (χ3n) is 5.26. The Morgan fingerprint density at radius 3 is 2.62 bits per heavy atom. The van der Waals surface area contributed by atoms with Gasteiger partial charge in [0.15, 0.2) is 0 Å². The molecule has 2 aliphatic rings. The summed E-state index contributed by atoms with van der Waals surface area (Å²) in [6.45, 7) is 1.32. The zero-order chi connectivity index (χ0) is 14.7. The number of piperidine rings is 1. The Balaban J connectivity index is 1.79. The molecule has 3 rings (SSSR count). The van der Waals surface area contributed by atoms with E-state index in [1.807, 2.05) is 30.3 Å². The lowest BCUT2D eigenvalue weighted by Gasteiger charge is -2.45. The summed E-state index contributed by atoms with van der Waals surface area (Å²) in [6.07, 6.45) is 7.54. The van der Waals surface area contributed by atoms with Gasteiger partial charge in [0.2, 0.25) is 5.91 Å². The van der Waals surface area contributed by atoms with Gasteiger partial charge in [-0.15, -0.1) is 0 Å². The second-order valence-corrected chi connectivity index (χ2v) is 6.48. The minimum atomic E-state index is -0.174. The van der Waals surface area contributed by atoms with Crippen molar-refractivity contribution in [3.05, 3.63) is 35.9 Å².